The Balaban J connectivity index is 1.74. The number of hydrogen-bond donors (Lipinski definition) is 2. The summed E-state index contributed by atoms with van der Waals surface area (Å²) in [5.74, 6) is -1.16. The van der Waals surface area contributed by atoms with Crippen molar-refractivity contribution in [2.24, 2.45) is 0 Å². The predicted molar refractivity (Wildman–Crippen MR) is 142 cm³/mol. The maximum atomic E-state index is 13.0. The van der Waals surface area contributed by atoms with E-state index in [1.54, 1.807) is 12.1 Å². The number of ether oxygens (including phenoxy) is 2. The molecule has 11 heteroatoms. The van der Waals surface area contributed by atoms with Crippen molar-refractivity contribution in [2.75, 3.05) is 24.4 Å². The smallest absolute Gasteiger partial charge is 0.416 e. The summed E-state index contributed by atoms with van der Waals surface area (Å²) < 4.78 is 49.7. The normalized spacial score (nSPS) is 11.4. The topological polar surface area (TPSA) is 100 Å². The molecule has 0 fully saturated rings. The fourth-order valence-electron chi connectivity index (χ4n) is 3.40. The Kier molecular flexibility index (Phi) is 9.22. The van der Waals surface area contributed by atoms with Gasteiger partial charge in [0.15, 0.2) is 18.1 Å². The molecular weight excluding hydrogens is 535 g/mol. The third kappa shape index (κ3) is 7.75. The maximum absolute atomic E-state index is 13.0. The predicted octanol–water partition coefficient (Wildman–Crippen LogP) is 6.55. The molecule has 3 aromatic rings. The number of carbonyl (C=O) groups is 2. The number of methoxy groups -OCH3 is 1. The molecule has 0 aromatic heterocycles. The summed E-state index contributed by atoms with van der Waals surface area (Å²) in [6.07, 6.45) is -3.40. The van der Waals surface area contributed by atoms with Crippen LogP contribution in [0.3, 0.4) is 0 Å². The number of nitrogens with one attached hydrogen (secondary N) is 2. The molecule has 202 valence electrons. The average Bonchev–Trinajstić information content (AvgIpc) is 2.88. The van der Waals surface area contributed by atoms with Crippen molar-refractivity contribution < 1.29 is 32.2 Å². The van der Waals surface area contributed by atoms with E-state index in [2.05, 4.69) is 10.6 Å². The van der Waals surface area contributed by atoms with Gasteiger partial charge >= 0.3 is 6.18 Å². The molecular formula is C28H23ClF3N3O4. The van der Waals surface area contributed by atoms with E-state index in [9.17, 15) is 28.0 Å². The van der Waals surface area contributed by atoms with Gasteiger partial charge < -0.3 is 20.1 Å². The molecule has 0 radical (unpaired) electrons. The molecule has 0 bridgehead atoms. The molecule has 39 heavy (non-hydrogen) atoms. The van der Waals surface area contributed by atoms with E-state index in [1.807, 2.05) is 26.0 Å². The van der Waals surface area contributed by atoms with Gasteiger partial charge in [0.1, 0.15) is 11.6 Å². The van der Waals surface area contributed by atoms with E-state index in [1.165, 1.54) is 31.4 Å². The molecule has 2 amide bonds. The van der Waals surface area contributed by atoms with E-state index >= 15 is 0 Å². The number of benzene rings is 3. The molecule has 3 aromatic carbocycles. The molecule has 3 rings (SSSR count). The van der Waals surface area contributed by atoms with E-state index in [0.717, 1.165) is 29.3 Å². The minimum atomic E-state index is -4.59. The summed E-state index contributed by atoms with van der Waals surface area (Å²) in [7, 11) is 1.34. The van der Waals surface area contributed by atoms with Gasteiger partial charge in [-0.2, -0.15) is 18.4 Å². The van der Waals surface area contributed by atoms with Gasteiger partial charge in [-0.15, -0.1) is 0 Å². The summed E-state index contributed by atoms with van der Waals surface area (Å²) in [6, 6.07) is 14.0. The highest BCUT2D eigenvalue weighted by atomic mass is 35.5. The van der Waals surface area contributed by atoms with Crippen LogP contribution in [0.4, 0.5) is 24.5 Å². The van der Waals surface area contributed by atoms with Crippen molar-refractivity contribution >= 4 is 40.9 Å². The Morgan fingerprint density at radius 2 is 1.74 bits per heavy atom. The fraction of sp³-hybridized carbons (Fsp3) is 0.179. The van der Waals surface area contributed by atoms with E-state index in [4.69, 9.17) is 21.1 Å². The van der Waals surface area contributed by atoms with E-state index in [0.29, 0.717) is 5.69 Å². The first-order chi connectivity index (χ1) is 18.4. The van der Waals surface area contributed by atoms with Gasteiger partial charge in [0.05, 0.1) is 17.7 Å². The highest BCUT2D eigenvalue weighted by Gasteiger charge is 2.30. The number of rotatable bonds is 8. The average molecular weight is 558 g/mol. The Labute approximate surface area is 227 Å². The summed E-state index contributed by atoms with van der Waals surface area (Å²) in [6.45, 7) is 3.51. The fourth-order valence-corrected chi connectivity index (χ4v) is 3.68. The molecule has 7 nitrogen and oxygen atoms in total. The number of amides is 2. The van der Waals surface area contributed by atoms with Crippen LogP contribution in [-0.4, -0.2) is 25.5 Å². The number of alkyl halides is 3. The van der Waals surface area contributed by atoms with Gasteiger partial charge in [-0.25, -0.2) is 0 Å². The first-order valence-corrected chi connectivity index (χ1v) is 11.8. The lowest BCUT2D eigenvalue weighted by molar-refractivity contribution is -0.137. The monoisotopic (exact) mass is 557 g/mol. The molecule has 0 spiro atoms. The molecule has 0 saturated carbocycles. The largest absolute Gasteiger partial charge is 0.493 e. The molecule has 0 saturated heterocycles. The molecule has 0 unspecified atom stereocenters. The van der Waals surface area contributed by atoms with Gasteiger partial charge in [-0.3, -0.25) is 9.59 Å². The summed E-state index contributed by atoms with van der Waals surface area (Å²) in [5, 5.41) is 14.5. The molecule has 0 atom stereocenters. The minimum absolute atomic E-state index is 0.0372. The first-order valence-electron chi connectivity index (χ1n) is 11.4. The Morgan fingerprint density at radius 1 is 1.03 bits per heavy atom. The standard InChI is InChI=1S/C28H23ClF3N3O4/c1-16-7-8-22(9-17(16)2)34-25(36)15-39-26-23(29)11-18(12-24(26)38-3)10-19(14-33)27(37)35-21-6-4-5-20(13-21)28(30,31)32/h4-13H,15H2,1-3H3,(H,34,36)(H,35,37)/b19-10+. The second-order valence-corrected chi connectivity index (χ2v) is 8.78. The number of carbonyl (C=O) groups excluding carboxylic acids is 2. The second-order valence-electron chi connectivity index (χ2n) is 8.37. The van der Waals surface area contributed by atoms with E-state index in [-0.39, 0.29) is 34.4 Å². The quantitative estimate of drug-likeness (QED) is 0.242. The lowest BCUT2D eigenvalue weighted by Gasteiger charge is -2.14. The van der Waals surface area contributed by atoms with Crippen LogP contribution in [0.2, 0.25) is 5.02 Å². The third-order valence-electron chi connectivity index (χ3n) is 5.51. The van der Waals surface area contributed by atoms with Gasteiger partial charge in [0, 0.05) is 11.4 Å². The number of hydrogen-bond acceptors (Lipinski definition) is 5. The number of halogens is 4. The van der Waals surface area contributed by atoms with Crippen LogP contribution in [0.15, 0.2) is 60.2 Å². The molecule has 0 aliphatic carbocycles. The minimum Gasteiger partial charge on any atom is -0.493 e. The number of nitrogens with zero attached hydrogens (tertiary/aromatic N) is 1. The molecule has 2 N–H and O–H groups in total. The lowest BCUT2D eigenvalue weighted by atomic mass is 10.1. The molecule has 0 heterocycles. The van der Waals surface area contributed by atoms with Crippen LogP contribution in [0, 0.1) is 25.2 Å². The van der Waals surface area contributed by atoms with Gasteiger partial charge in [0.2, 0.25) is 0 Å². The van der Waals surface area contributed by atoms with Crippen molar-refractivity contribution in [1.29, 1.82) is 5.26 Å². The zero-order chi connectivity index (χ0) is 28.7. The highest BCUT2D eigenvalue weighted by Crippen LogP contribution is 2.37. The first kappa shape index (κ1) is 29.1. The van der Waals surface area contributed by atoms with Crippen LogP contribution >= 0.6 is 11.6 Å². The van der Waals surface area contributed by atoms with Crippen molar-refractivity contribution in [3.05, 3.63) is 87.4 Å². The van der Waals surface area contributed by atoms with Crippen molar-refractivity contribution in [1.82, 2.24) is 0 Å². The van der Waals surface area contributed by atoms with E-state index < -0.39 is 29.1 Å². The Bertz CT molecular complexity index is 1480. The molecule has 0 aliphatic heterocycles. The van der Waals surface area contributed by atoms with Gasteiger partial charge in [-0.05, 0) is 79.1 Å². The zero-order valence-electron chi connectivity index (χ0n) is 21.1. The zero-order valence-corrected chi connectivity index (χ0v) is 21.8. The highest BCUT2D eigenvalue weighted by molar-refractivity contribution is 6.32. The van der Waals surface area contributed by atoms with Crippen molar-refractivity contribution in [3.8, 4) is 17.6 Å². The van der Waals surface area contributed by atoms with Crippen molar-refractivity contribution in [3.63, 3.8) is 0 Å². The number of aryl methyl sites for hydroxylation is 2. The van der Waals surface area contributed by atoms with Crippen molar-refractivity contribution in [2.45, 2.75) is 20.0 Å². The summed E-state index contributed by atoms with van der Waals surface area (Å²) in [4.78, 5) is 24.9. The summed E-state index contributed by atoms with van der Waals surface area (Å²) >= 11 is 6.34. The van der Waals surface area contributed by atoms with Crippen LogP contribution in [0.5, 0.6) is 11.5 Å². The lowest BCUT2D eigenvalue weighted by Crippen LogP contribution is -2.20. The number of anilines is 2. The molecule has 0 aliphatic rings. The Hall–Kier alpha value is -4.49. The van der Waals surface area contributed by atoms with Crippen LogP contribution in [0.1, 0.15) is 22.3 Å². The van der Waals surface area contributed by atoms with Crippen LogP contribution in [-0.2, 0) is 15.8 Å². The SMILES string of the molecule is COc1cc(/C=C(\C#N)C(=O)Nc2cccc(C(F)(F)F)c2)cc(Cl)c1OCC(=O)Nc1ccc(C)c(C)c1. The van der Waals surface area contributed by atoms with Gasteiger partial charge in [0.25, 0.3) is 11.8 Å². The summed E-state index contributed by atoms with van der Waals surface area (Å²) in [5.41, 5.74) is 1.51. The number of nitriles is 1. The van der Waals surface area contributed by atoms with Crippen LogP contribution < -0.4 is 20.1 Å². The Morgan fingerprint density at radius 3 is 2.38 bits per heavy atom. The second kappa shape index (κ2) is 12.4. The third-order valence-corrected chi connectivity index (χ3v) is 5.79. The maximum Gasteiger partial charge on any atom is 0.416 e. The van der Waals surface area contributed by atoms with Gasteiger partial charge in [-0.1, -0.05) is 23.7 Å². The van der Waals surface area contributed by atoms with Crippen LogP contribution in [0.25, 0.3) is 6.08 Å².